The minimum atomic E-state index is -0.528. The largest absolute Gasteiger partial charge is 0.465 e. The number of nitrogens with one attached hydrogen (secondary N) is 1. The zero-order valence-corrected chi connectivity index (χ0v) is 20.9. The summed E-state index contributed by atoms with van der Waals surface area (Å²) in [6.45, 7) is 1.76. The molecule has 1 amide bonds. The van der Waals surface area contributed by atoms with Crippen LogP contribution in [0.4, 0.5) is 5.69 Å². The van der Waals surface area contributed by atoms with Gasteiger partial charge in [-0.05, 0) is 65.6 Å². The van der Waals surface area contributed by atoms with Gasteiger partial charge in [-0.15, -0.1) is 0 Å². The highest BCUT2D eigenvalue weighted by Crippen LogP contribution is 2.38. The Bertz CT molecular complexity index is 1700. The molecular formula is C32H26N2O4. The lowest BCUT2D eigenvalue weighted by atomic mass is 9.81. The minimum Gasteiger partial charge on any atom is -0.465 e. The van der Waals surface area contributed by atoms with Gasteiger partial charge in [0.2, 0.25) is 0 Å². The first-order chi connectivity index (χ1) is 18.6. The van der Waals surface area contributed by atoms with Crippen LogP contribution in [0.5, 0.6) is 0 Å². The smallest absolute Gasteiger partial charge is 0.339 e. The summed E-state index contributed by atoms with van der Waals surface area (Å²) >= 11 is 0. The van der Waals surface area contributed by atoms with E-state index in [0.29, 0.717) is 29.1 Å². The maximum absolute atomic E-state index is 13.6. The Kier molecular flexibility index (Phi) is 6.22. The molecular weight excluding hydrogens is 476 g/mol. The van der Waals surface area contributed by atoms with Gasteiger partial charge in [0.25, 0.3) is 5.91 Å². The monoisotopic (exact) mass is 502 g/mol. The third-order valence-corrected chi connectivity index (χ3v) is 6.88. The summed E-state index contributed by atoms with van der Waals surface area (Å²) in [5, 5.41) is 5.54. The van der Waals surface area contributed by atoms with Crippen LogP contribution in [-0.2, 0) is 16.0 Å². The molecule has 2 aromatic heterocycles. The molecule has 0 saturated heterocycles. The van der Waals surface area contributed by atoms with Crippen molar-refractivity contribution in [3.05, 3.63) is 108 Å². The van der Waals surface area contributed by atoms with Crippen molar-refractivity contribution in [2.45, 2.75) is 19.8 Å². The summed E-state index contributed by atoms with van der Waals surface area (Å²) in [5.41, 5.74) is 4.50. The molecule has 6 heteroatoms. The number of rotatable bonds is 5. The normalized spacial score (nSPS) is 15.9. The highest BCUT2D eigenvalue weighted by atomic mass is 16.5. The molecule has 0 spiro atoms. The molecule has 0 fully saturated rings. The number of carbonyl (C=O) groups is 2. The van der Waals surface area contributed by atoms with E-state index >= 15 is 0 Å². The summed E-state index contributed by atoms with van der Waals surface area (Å²) in [5.74, 6) is 0.116. The van der Waals surface area contributed by atoms with Gasteiger partial charge in [-0.2, -0.15) is 0 Å². The standard InChI is InChI=1S/C32H26N2O4/c1-20-16-22(18-23-10-7-15-37-23)31-26(17-20)30(25-12-4-5-13-28(25)34-31)32(36)38-19-29(35)33-27-14-6-9-21-8-2-3-11-24(21)27/h2-15,18,20H,16-17,19H2,1H3,(H,33,35). The molecule has 2 heterocycles. The topological polar surface area (TPSA) is 81.4 Å². The van der Waals surface area contributed by atoms with E-state index in [2.05, 4.69) is 12.2 Å². The maximum Gasteiger partial charge on any atom is 0.339 e. The number of pyridine rings is 1. The molecule has 3 aromatic carbocycles. The first-order valence-electron chi connectivity index (χ1n) is 12.7. The quantitative estimate of drug-likeness (QED) is 0.264. The van der Waals surface area contributed by atoms with Gasteiger partial charge in [0.15, 0.2) is 6.61 Å². The number of amides is 1. The van der Waals surface area contributed by atoms with Crippen LogP contribution < -0.4 is 5.32 Å². The number of fused-ring (bicyclic) bond motifs is 3. The van der Waals surface area contributed by atoms with E-state index in [1.54, 1.807) is 6.26 Å². The van der Waals surface area contributed by atoms with Crippen molar-refractivity contribution in [1.82, 2.24) is 4.98 Å². The zero-order chi connectivity index (χ0) is 26.1. The first-order valence-corrected chi connectivity index (χ1v) is 12.7. The average molecular weight is 503 g/mol. The maximum atomic E-state index is 13.6. The highest BCUT2D eigenvalue weighted by Gasteiger charge is 2.29. The Labute approximate surface area is 219 Å². The molecule has 188 valence electrons. The number of benzene rings is 3. The van der Waals surface area contributed by atoms with Crippen molar-refractivity contribution >= 4 is 50.9 Å². The number of anilines is 1. The van der Waals surface area contributed by atoms with Crippen molar-refractivity contribution in [2.75, 3.05) is 11.9 Å². The number of para-hydroxylation sites is 1. The van der Waals surface area contributed by atoms with Gasteiger partial charge in [0.1, 0.15) is 5.76 Å². The zero-order valence-electron chi connectivity index (χ0n) is 20.9. The van der Waals surface area contributed by atoms with Crippen LogP contribution in [0.15, 0.2) is 89.5 Å². The Morgan fingerprint density at radius 3 is 2.61 bits per heavy atom. The van der Waals surface area contributed by atoms with Crippen molar-refractivity contribution in [3.8, 4) is 0 Å². The molecule has 0 aliphatic heterocycles. The number of ether oxygens (including phenoxy) is 1. The summed E-state index contributed by atoms with van der Waals surface area (Å²) in [4.78, 5) is 31.3. The van der Waals surface area contributed by atoms with Crippen LogP contribution in [0.25, 0.3) is 33.3 Å². The molecule has 6 rings (SSSR count). The third-order valence-electron chi connectivity index (χ3n) is 6.88. The lowest BCUT2D eigenvalue weighted by Gasteiger charge is -2.26. The number of hydrogen-bond donors (Lipinski definition) is 1. The van der Waals surface area contributed by atoms with E-state index in [-0.39, 0.29) is 0 Å². The highest BCUT2D eigenvalue weighted by molar-refractivity contribution is 6.08. The third kappa shape index (κ3) is 4.57. The number of nitrogens with zero attached hydrogens (tertiary/aromatic N) is 1. The Balaban J connectivity index is 1.31. The SMILES string of the molecule is CC1CC(=Cc2ccco2)c2nc3ccccc3c(C(=O)OCC(=O)Nc3cccc4ccccc34)c2C1. The van der Waals surface area contributed by atoms with E-state index in [1.807, 2.05) is 84.9 Å². The fourth-order valence-electron chi connectivity index (χ4n) is 5.24. The molecule has 0 radical (unpaired) electrons. The predicted molar refractivity (Wildman–Crippen MR) is 149 cm³/mol. The van der Waals surface area contributed by atoms with Gasteiger partial charge in [-0.1, -0.05) is 61.5 Å². The second-order valence-electron chi connectivity index (χ2n) is 9.68. The molecule has 1 aliphatic rings. The van der Waals surface area contributed by atoms with Crippen LogP contribution >= 0.6 is 0 Å². The van der Waals surface area contributed by atoms with Gasteiger partial charge in [0.05, 0.1) is 23.0 Å². The Hall–Kier alpha value is -4.71. The van der Waals surface area contributed by atoms with Crippen molar-refractivity contribution < 1.29 is 18.7 Å². The number of aromatic nitrogens is 1. The van der Waals surface area contributed by atoms with Crippen LogP contribution in [0, 0.1) is 5.92 Å². The Morgan fingerprint density at radius 2 is 1.76 bits per heavy atom. The number of allylic oxidation sites excluding steroid dienone is 1. The lowest BCUT2D eigenvalue weighted by Crippen LogP contribution is -2.23. The summed E-state index contributed by atoms with van der Waals surface area (Å²) in [6.07, 6.45) is 5.14. The number of hydrogen-bond acceptors (Lipinski definition) is 5. The van der Waals surface area contributed by atoms with Gasteiger partial charge in [-0.25, -0.2) is 9.78 Å². The van der Waals surface area contributed by atoms with Crippen LogP contribution in [-0.4, -0.2) is 23.5 Å². The van der Waals surface area contributed by atoms with Crippen molar-refractivity contribution in [1.29, 1.82) is 0 Å². The summed E-state index contributed by atoms with van der Waals surface area (Å²) in [7, 11) is 0. The summed E-state index contributed by atoms with van der Waals surface area (Å²) in [6, 6.07) is 24.8. The van der Waals surface area contributed by atoms with Gasteiger partial charge >= 0.3 is 5.97 Å². The summed E-state index contributed by atoms with van der Waals surface area (Å²) < 4.78 is 11.2. The van der Waals surface area contributed by atoms with Crippen LogP contribution in [0.3, 0.4) is 0 Å². The fraction of sp³-hybridized carbons (Fsp3) is 0.156. The second-order valence-corrected chi connectivity index (χ2v) is 9.68. The molecule has 0 saturated carbocycles. The predicted octanol–water partition coefficient (Wildman–Crippen LogP) is 6.90. The van der Waals surface area contributed by atoms with Gasteiger partial charge in [0, 0.05) is 16.5 Å². The average Bonchev–Trinajstić information content (AvgIpc) is 3.44. The molecule has 1 atom stereocenters. The van der Waals surface area contributed by atoms with Crippen LogP contribution in [0.1, 0.15) is 40.7 Å². The lowest BCUT2D eigenvalue weighted by molar-refractivity contribution is -0.119. The Morgan fingerprint density at radius 1 is 0.974 bits per heavy atom. The van der Waals surface area contributed by atoms with Gasteiger partial charge in [-0.3, -0.25) is 4.79 Å². The fourth-order valence-corrected chi connectivity index (χ4v) is 5.24. The van der Waals surface area contributed by atoms with E-state index < -0.39 is 18.5 Å². The number of esters is 1. The molecule has 5 aromatic rings. The van der Waals surface area contributed by atoms with E-state index in [9.17, 15) is 9.59 Å². The van der Waals surface area contributed by atoms with E-state index in [4.69, 9.17) is 14.1 Å². The van der Waals surface area contributed by atoms with Crippen LogP contribution in [0.2, 0.25) is 0 Å². The molecule has 1 N–H and O–H groups in total. The molecule has 1 aliphatic carbocycles. The number of furan rings is 1. The molecule has 6 nitrogen and oxygen atoms in total. The van der Waals surface area contributed by atoms with E-state index in [0.717, 1.165) is 45.2 Å². The van der Waals surface area contributed by atoms with E-state index in [1.165, 1.54) is 0 Å². The minimum absolute atomic E-state index is 0.299. The second kappa shape index (κ2) is 9.98. The van der Waals surface area contributed by atoms with Crippen molar-refractivity contribution in [3.63, 3.8) is 0 Å². The van der Waals surface area contributed by atoms with Crippen molar-refractivity contribution in [2.24, 2.45) is 5.92 Å². The molecule has 1 unspecified atom stereocenters. The molecule has 0 bridgehead atoms. The first kappa shape index (κ1) is 23.7. The van der Waals surface area contributed by atoms with Gasteiger partial charge < -0.3 is 14.5 Å². The molecule has 38 heavy (non-hydrogen) atoms. The number of carbonyl (C=O) groups excluding carboxylic acids is 2.